The third-order valence-electron chi connectivity index (χ3n) is 4.76. The summed E-state index contributed by atoms with van der Waals surface area (Å²) in [5.74, 6) is -2.38. The number of aromatic nitrogens is 2. The molecular weight excluding hydrogens is 523 g/mol. The molecule has 0 radical (unpaired) electrons. The molecule has 0 aromatic carbocycles. The summed E-state index contributed by atoms with van der Waals surface area (Å²) in [6.07, 6.45) is 1.61. The monoisotopic (exact) mass is 542 g/mol. The molecule has 0 saturated carbocycles. The van der Waals surface area contributed by atoms with Gasteiger partial charge in [0.2, 0.25) is 0 Å². The average molecular weight is 543 g/mol. The van der Waals surface area contributed by atoms with Gasteiger partial charge in [-0.2, -0.15) is 0 Å². The van der Waals surface area contributed by atoms with Crippen molar-refractivity contribution in [1.29, 1.82) is 0 Å². The number of rotatable bonds is 10. The Bertz CT molecular complexity index is 829. The van der Waals surface area contributed by atoms with Crippen LogP contribution in [0.5, 0.6) is 0 Å². The quantitative estimate of drug-likeness (QED) is 0.285. The molecule has 29 heavy (non-hydrogen) atoms. The van der Waals surface area contributed by atoms with Gasteiger partial charge < -0.3 is 29.8 Å². The van der Waals surface area contributed by atoms with Crippen molar-refractivity contribution in [2.24, 2.45) is 0 Å². The number of H-pyrrole nitrogens is 2. The van der Waals surface area contributed by atoms with Crippen molar-refractivity contribution in [3.8, 4) is 0 Å². The number of hydrogen-bond acceptors (Lipinski definition) is 6. The fourth-order valence-corrected chi connectivity index (χ4v) is 3.29. The van der Waals surface area contributed by atoms with Crippen LogP contribution in [0.1, 0.15) is 67.5 Å². The largest absolute Gasteiger partial charge is 1.00 e. The maximum Gasteiger partial charge on any atom is 1.00 e. The van der Waals surface area contributed by atoms with E-state index in [9.17, 15) is 29.4 Å². The zero-order valence-electron chi connectivity index (χ0n) is 17.1. The molecule has 0 aliphatic carbocycles. The van der Waals surface area contributed by atoms with E-state index in [4.69, 9.17) is 0 Å². The molecule has 0 spiro atoms. The molecule has 2 aromatic heterocycles. The topological polar surface area (TPSA) is 146 Å². The summed E-state index contributed by atoms with van der Waals surface area (Å²) < 4.78 is 0. The summed E-state index contributed by atoms with van der Waals surface area (Å²) in [5.41, 5.74) is 4.72. The summed E-state index contributed by atoms with van der Waals surface area (Å²) in [6.45, 7) is 3.45. The maximum absolute atomic E-state index is 11.2. The van der Waals surface area contributed by atoms with Gasteiger partial charge in [-0.05, 0) is 61.8 Å². The van der Waals surface area contributed by atoms with Gasteiger partial charge in [0.1, 0.15) is 0 Å². The summed E-state index contributed by atoms with van der Waals surface area (Å²) in [6, 6.07) is 0. The zero-order valence-corrected chi connectivity index (χ0v) is 27.0. The predicted molar refractivity (Wildman–Crippen MR) is 91.3 cm³/mol. The van der Waals surface area contributed by atoms with Gasteiger partial charge in [0.15, 0.2) is 12.6 Å². The third-order valence-corrected chi connectivity index (χ3v) is 4.76. The standard InChI is InChI=1S/C19H22N2O6.2Rb/c1-10-12(3-5-18(24)25)14(20-16(10)8-22)7-15-13(4-6-19(26)27)11(2)17(9-23)21-15;;/h8-9,20-21H,3-7H2,1-2H3,(H,24,25)(H,26,27);;/q;2*+1/p-2. The smallest absolute Gasteiger partial charge is 0.550 e. The molecule has 0 saturated heterocycles. The van der Waals surface area contributed by atoms with Gasteiger partial charge in [-0.1, -0.05) is 0 Å². The number of carboxylic acid groups (broad SMARTS) is 2. The number of carbonyl (C=O) groups excluding carboxylic acids is 4. The van der Waals surface area contributed by atoms with Crippen molar-refractivity contribution >= 4 is 24.5 Å². The number of aldehydes is 2. The minimum absolute atomic E-state index is 0. The van der Waals surface area contributed by atoms with Crippen LogP contribution in [0.2, 0.25) is 0 Å². The molecule has 0 aliphatic heterocycles. The first-order valence-corrected chi connectivity index (χ1v) is 8.49. The summed E-state index contributed by atoms with van der Waals surface area (Å²) in [4.78, 5) is 50.1. The molecule has 0 unspecified atom stereocenters. The molecular formula is C19H20N2O6Rb2. The molecule has 2 rings (SSSR count). The van der Waals surface area contributed by atoms with E-state index in [1.165, 1.54) is 0 Å². The second kappa shape index (κ2) is 13.8. The fraction of sp³-hybridized carbons (Fsp3) is 0.368. The molecule has 2 heterocycles. The van der Waals surface area contributed by atoms with Crippen LogP contribution in [0.4, 0.5) is 0 Å². The normalized spacial score (nSPS) is 10.0. The molecule has 10 heteroatoms. The van der Waals surface area contributed by atoms with Crippen molar-refractivity contribution in [2.45, 2.75) is 46.0 Å². The Kier molecular flexibility index (Phi) is 14.0. The first kappa shape index (κ1) is 29.5. The van der Waals surface area contributed by atoms with Gasteiger partial charge in [-0.15, -0.1) is 0 Å². The summed E-state index contributed by atoms with van der Waals surface area (Å²) in [5, 5.41) is 21.6. The van der Waals surface area contributed by atoms with E-state index in [1.54, 1.807) is 13.8 Å². The Morgan fingerprint density at radius 3 is 1.41 bits per heavy atom. The number of hydrogen-bond donors (Lipinski definition) is 2. The molecule has 0 amide bonds. The molecule has 2 aromatic rings. The van der Waals surface area contributed by atoms with E-state index < -0.39 is 11.9 Å². The number of aliphatic carboxylic acids is 2. The number of aromatic amines is 2. The van der Waals surface area contributed by atoms with Crippen LogP contribution in [0.3, 0.4) is 0 Å². The zero-order chi connectivity index (χ0) is 20.1. The first-order chi connectivity index (χ1) is 12.8. The number of carboxylic acids is 2. The van der Waals surface area contributed by atoms with E-state index in [0.717, 1.165) is 0 Å². The first-order valence-electron chi connectivity index (χ1n) is 8.49. The Morgan fingerprint density at radius 2 is 1.14 bits per heavy atom. The van der Waals surface area contributed by atoms with Gasteiger partial charge in [0.05, 0.1) is 11.4 Å². The van der Waals surface area contributed by atoms with Crippen molar-refractivity contribution in [2.75, 3.05) is 0 Å². The molecule has 8 nitrogen and oxygen atoms in total. The van der Waals surface area contributed by atoms with Crippen molar-refractivity contribution in [1.82, 2.24) is 9.97 Å². The van der Waals surface area contributed by atoms with Gasteiger partial charge >= 0.3 is 116 Å². The van der Waals surface area contributed by atoms with Crippen molar-refractivity contribution < 1.29 is 146 Å². The van der Waals surface area contributed by atoms with Gasteiger partial charge in [-0.3, -0.25) is 9.59 Å². The molecule has 144 valence electrons. The van der Waals surface area contributed by atoms with Crippen molar-refractivity contribution in [3.63, 3.8) is 0 Å². The number of nitrogens with one attached hydrogen (secondary N) is 2. The minimum Gasteiger partial charge on any atom is -0.550 e. The molecule has 0 aliphatic rings. The molecule has 0 atom stereocenters. The van der Waals surface area contributed by atoms with E-state index in [1.807, 2.05) is 0 Å². The van der Waals surface area contributed by atoms with Gasteiger partial charge in [0, 0.05) is 29.7 Å². The second-order valence-electron chi connectivity index (χ2n) is 6.40. The van der Waals surface area contributed by atoms with Crippen LogP contribution >= 0.6 is 0 Å². The maximum atomic E-state index is 11.2. The molecule has 0 fully saturated rings. The van der Waals surface area contributed by atoms with E-state index in [2.05, 4.69) is 9.97 Å². The van der Waals surface area contributed by atoms with Crippen LogP contribution < -0.4 is 127 Å². The Morgan fingerprint density at radius 1 is 0.793 bits per heavy atom. The van der Waals surface area contributed by atoms with Crippen LogP contribution in [-0.2, 0) is 28.9 Å². The van der Waals surface area contributed by atoms with E-state index in [0.29, 0.717) is 57.6 Å². The van der Waals surface area contributed by atoms with E-state index in [-0.39, 0.29) is 148 Å². The Hall–Kier alpha value is 0.450. The fourth-order valence-electron chi connectivity index (χ4n) is 3.29. The predicted octanol–water partition coefficient (Wildman–Crippen LogP) is -6.45. The second-order valence-corrected chi connectivity index (χ2v) is 6.40. The number of carbonyl (C=O) groups is 4. The Balaban J connectivity index is 0.00000392. The average Bonchev–Trinajstić information content (AvgIpc) is 3.07. The molecule has 2 N–H and O–H groups in total. The third kappa shape index (κ3) is 7.82. The minimum atomic E-state index is -1.19. The van der Waals surface area contributed by atoms with E-state index >= 15 is 0 Å². The van der Waals surface area contributed by atoms with Crippen LogP contribution in [0.25, 0.3) is 0 Å². The SMILES string of the molecule is Cc1c(C=O)[nH]c(Cc2[nH]c(C=O)c(C)c2CCC(=O)[O-])c1CCC(=O)[O-].[Rb+].[Rb+]. The van der Waals surface area contributed by atoms with Gasteiger partial charge in [0.25, 0.3) is 0 Å². The van der Waals surface area contributed by atoms with Crippen LogP contribution in [0, 0.1) is 13.8 Å². The summed E-state index contributed by atoms with van der Waals surface area (Å²) >= 11 is 0. The summed E-state index contributed by atoms with van der Waals surface area (Å²) in [7, 11) is 0. The van der Waals surface area contributed by atoms with Crippen molar-refractivity contribution in [3.05, 3.63) is 45.0 Å². The van der Waals surface area contributed by atoms with Crippen LogP contribution in [0.15, 0.2) is 0 Å². The van der Waals surface area contributed by atoms with Crippen LogP contribution in [-0.4, -0.2) is 34.5 Å². The molecule has 0 bridgehead atoms. The van der Waals surface area contributed by atoms with Gasteiger partial charge in [-0.25, -0.2) is 0 Å². The Labute approximate surface area is 266 Å².